The molecule has 1 saturated carbocycles. The number of benzene rings is 1. The number of hydrogen-bond acceptors (Lipinski definition) is 7. The number of rotatable bonds is 3. The Labute approximate surface area is 182 Å². The topological polar surface area (TPSA) is 68.3 Å². The number of carbonyl (C=O) groups is 2. The van der Waals surface area contributed by atoms with Gasteiger partial charge in [0.2, 0.25) is 5.60 Å². The van der Waals surface area contributed by atoms with Crippen molar-refractivity contribution in [2.75, 3.05) is 25.6 Å². The highest BCUT2D eigenvalue weighted by Crippen LogP contribution is 2.75. The first-order valence-corrected chi connectivity index (χ1v) is 11.3. The van der Waals surface area contributed by atoms with Crippen LogP contribution in [0.5, 0.6) is 0 Å². The summed E-state index contributed by atoms with van der Waals surface area (Å²) in [6.45, 7) is 6.57. The molecule has 1 aliphatic carbocycles. The average molecular weight is 427 g/mol. The fraction of sp³-hybridized carbons (Fsp3) is 0.667. The lowest BCUT2D eigenvalue weighted by molar-refractivity contribution is -0.294. The number of nitrogens with zero attached hydrogens (tertiary/aromatic N) is 2. The van der Waals surface area contributed by atoms with E-state index in [1.807, 2.05) is 13.1 Å². The van der Waals surface area contributed by atoms with Crippen LogP contribution in [-0.4, -0.2) is 67.1 Å². The van der Waals surface area contributed by atoms with Gasteiger partial charge in [-0.15, -0.1) is 0 Å². The lowest BCUT2D eigenvalue weighted by Crippen LogP contribution is -2.81. The van der Waals surface area contributed by atoms with Crippen LogP contribution in [0.25, 0.3) is 0 Å². The summed E-state index contributed by atoms with van der Waals surface area (Å²) >= 11 is 0. The van der Waals surface area contributed by atoms with Gasteiger partial charge in [0.25, 0.3) is 0 Å². The van der Waals surface area contributed by atoms with Gasteiger partial charge in [-0.2, -0.15) is 0 Å². The smallest absolute Gasteiger partial charge is 0.344 e. The monoisotopic (exact) mass is 426 g/mol. The maximum atomic E-state index is 13.8. The molecule has 3 saturated heterocycles. The van der Waals surface area contributed by atoms with Gasteiger partial charge in [0.15, 0.2) is 6.10 Å². The van der Waals surface area contributed by atoms with Crippen molar-refractivity contribution in [1.29, 1.82) is 0 Å². The maximum Gasteiger partial charge on any atom is 0.344 e. The summed E-state index contributed by atoms with van der Waals surface area (Å²) < 4.78 is 18.4. The van der Waals surface area contributed by atoms with Crippen molar-refractivity contribution in [3.8, 4) is 0 Å². The van der Waals surface area contributed by atoms with Crippen molar-refractivity contribution in [3.63, 3.8) is 0 Å². The average Bonchev–Trinajstić information content (AvgIpc) is 3.31. The van der Waals surface area contributed by atoms with Gasteiger partial charge in [-0.25, -0.2) is 4.79 Å². The molecule has 166 valence electrons. The van der Waals surface area contributed by atoms with Crippen LogP contribution in [0.1, 0.15) is 45.6 Å². The molecule has 0 aromatic heterocycles. The molecule has 4 fully saturated rings. The van der Waals surface area contributed by atoms with E-state index >= 15 is 0 Å². The molecule has 3 bridgehead atoms. The summed E-state index contributed by atoms with van der Waals surface area (Å²) in [6.07, 6.45) is 1.77. The van der Waals surface area contributed by atoms with Crippen molar-refractivity contribution >= 4 is 17.6 Å². The molecule has 7 atom stereocenters. The summed E-state index contributed by atoms with van der Waals surface area (Å²) in [5.41, 5.74) is -0.288. The Morgan fingerprint density at radius 2 is 2.00 bits per heavy atom. The van der Waals surface area contributed by atoms with Gasteiger partial charge < -0.3 is 19.1 Å². The zero-order valence-electron chi connectivity index (χ0n) is 18.8. The first-order chi connectivity index (χ1) is 14.7. The molecule has 5 aliphatic rings. The minimum atomic E-state index is -1.40. The first kappa shape index (κ1) is 19.6. The molecule has 4 aliphatic heterocycles. The van der Waals surface area contributed by atoms with E-state index in [1.165, 1.54) is 19.6 Å². The van der Waals surface area contributed by atoms with Crippen LogP contribution in [0, 0.1) is 5.41 Å². The van der Waals surface area contributed by atoms with Gasteiger partial charge >= 0.3 is 11.9 Å². The largest absolute Gasteiger partial charge is 0.467 e. The van der Waals surface area contributed by atoms with Gasteiger partial charge in [-0.1, -0.05) is 25.1 Å². The number of para-hydroxylation sites is 1. The van der Waals surface area contributed by atoms with E-state index in [1.54, 1.807) is 0 Å². The summed E-state index contributed by atoms with van der Waals surface area (Å²) in [7, 11) is 3.44. The maximum absolute atomic E-state index is 13.8. The third kappa shape index (κ3) is 1.80. The van der Waals surface area contributed by atoms with E-state index in [9.17, 15) is 9.59 Å². The fourth-order valence-corrected chi connectivity index (χ4v) is 8.71. The second kappa shape index (κ2) is 5.62. The van der Waals surface area contributed by atoms with Gasteiger partial charge in [-0.3, -0.25) is 9.69 Å². The second-order valence-corrected chi connectivity index (χ2v) is 10.2. The van der Waals surface area contributed by atoms with E-state index in [2.05, 4.69) is 41.8 Å². The Kier molecular flexibility index (Phi) is 3.54. The number of esters is 2. The predicted octanol–water partition coefficient (Wildman–Crippen LogP) is 2.22. The number of carbonyl (C=O) groups excluding carboxylic acids is 2. The summed E-state index contributed by atoms with van der Waals surface area (Å²) in [6, 6.07) is 8.27. The highest BCUT2D eigenvalue weighted by Gasteiger charge is 2.89. The minimum absolute atomic E-state index is 0.121. The van der Waals surface area contributed by atoms with Crippen LogP contribution in [0.4, 0.5) is 5.69 Å². The highest BCUT2D eigenvalue weighted by molar-refractivity contribution is 5.87. The first-order valence-electron chi connectivity index (χ1n) is 11.3. The molecule has 7 heteroatoms. The van der Waals surface area contributed by atoms with Crippen LogP contribution >= 0.6 is 0 Å². The van der Waals surface area contributed by atoms with Crippen LogP contribution in [0.2, 0.25) is 0 Å². The van der Waals surface area contributed by atoms with Crippen LogP contribution in [0.3, 0.4) is 0 Å². The molecule has 0 amide bonds. The third-order valence-electron chi connectivity index (χ3n) is 9.19. The normalized spacial score (nSPS) is 46.1. The molecule has 1 aromatic carbocycles. The van der Waals surface area contributed by atoms with E-state index in [0.717, 1.165) is 31.5 Å². The lowest BCUT2D eigenvalue weighted by Gasteiger charge is -2.63. The fourth-order valence-electron chi connectivity index (χ4n) is 8.71. The molecule has 0 N–H and O–H groups in total. The zero-order valence-corrected chi connectivity index (χ0v) is 18.8. The van der Waals surface area contributed by atoms with E-state index < -0.39 is 28.8 Å². The zero-order chi connectivity index (χ0) is 22.0. The number of hydrogen-bond donors (Lipinski definition) is 0. The number of fused-ring (bicyclic) bond motifs is 5. The molecule has 1 spiro atoms. The Morgan fingerprint density at radius 3 is 2.68 bits per heavy atom. The molecule has 31 heavy (non-hydrogen) atoms. The molecule has 1 aromatic rings. The van der Waals surface area contributed by atoms with Crippen molar-refractivity contribution in [2.45, 2.75) is 75.0 Å². The van der Waals surface area contributed by atoms with Crippen molar-refractivity contribution < 1.29 is 23.8 Å². The van der Waals surface area contributed by atoms with Crippen LogP contribution in [-0.2, 0) is 29.2 Å². The highest BCUT2D eigenvalue weighted by atomic mass is 16.6. The predicted molar refractivity (Wildman–Crippen MR) is 113 cm³/mol. The Hall–Kier alpha value is -2.12. The number of anilines is 1. The standard InChI is InChI=1S/C24H30N2O5/c1-6-22-13-21(3)26-12-11-23(17(22)26)15-9-7-8-10-16(15)25(4)18(23)24(31-21,20(28)29-5)19(22)30-14(2)27/h7-10,17-19H,6,11-13H2,1-5H3/t17-,18+,19+,21-,22+,23+,24-/m1/s1. The lowest BCUT2D eigenvalue weighted by atomic mass is 9.47. The Balaban J connectivity index is 1.73. The molecular weight excluding hydrogens is 396 g/mol. The molecule has 6 rings (SSSR count). The van der Waals surface area contributed by atoms with Gasteiger partial charge in [0, 0.05) is 49.5 Å². The molecular formula is C24H30N2O5. The molecule has 0 unspecified atom stereocenters. The molecule has 7 nitrogen and oxygen atoms in total. The van der Waals surface area contributed by atoms with Gasteiger partial charge in [-0.05, 0) is 31.4 Å². The van der Waals surface area contributed by atoms with Gasteiger partial charge in [0.1, 0.15) is 5.72 Å². The summed E-state index contributed by atoms with van der Waals surface area (Å²) in [4.78, 5) is 30.8. The second-order valence-electron chi connectivity index (χ2n) is 10.2. The Morgan fingerprint density at radius 1 is 1.26 bits per heavy atom. The third-order valence-corrected chi connectivity index (χ3v) is 9.19. The van der Waals surface area contributed by atoms with Crippen molar-refractivity contribution in [3.05, 3.63) is 29.8 Å². The van der Waals surface area contributed by atoms with E-state index in [-0.39, 0.29) is 23.5 Å². The van der Waals surface area contributed by atoms with Crippen LogP contribution < -0.4 is 4.90 Å². The molecule has 0 radical (unpaired) electrons. The summed E-state index contributed by atoms with van der Waals surface area (Å²) in [5.74, 6) is -0.834. The summed E-state index contributed by atoms with van der Waals surface area (Å²) in [5, 5.41) is 0. The van der Waals surface area contributed by atoms with E-state index in [0.29, 0.717) is 0 Å². The van der Waals surface area contributed by atoms with Crippen LogP contribution in [0.15, 0.2) is 24.3 Å². The number of likely N-dealkylation sites (N-methyl/N-ethyl adjacent to an activating group) is 1. The quantitative estimate of drug-likeness (QED) is 0.687. The number of methoxy groups -OCH3 is 1. The van der Waals surface area contributed by atoms with Crippen molar-refractivity contribution in [1.82, 2.24) is 4.90 Å². The van der Waals surface area contributed by atoms with Gasteiger partial charge in [0.05, 0.1) is 13.2 Å². The number of ether oxygens (including phenoxy) is 3. The minimum Gasteiger partial charge on any atom is -0.467 e. The Bertz CT molecular complexity index is 1010. The van der Waals surface area contributed by atoms with E-state index in [4.69, 9.17) is 14.2 Å². The SMILES string of the molecule is CC[C@]12C[C@@]3(C)O[C@](C(=O)OC)([C@H]4N(C)c5ccccc5[C@]45CCN3[C@H]15)[C@H]2OC(C)=O. The molecule has 4 heterocycles. The van der Waals surface area contributed by atoms with Crippen molar-refractivity contribution in [2.24, 2.45) is 5.41 Å².